The van der Waals surface area contributed by atoms with Crippen LogP contribution in [0.1, 0.15) is 11.7 Å². The monoisotopic (exact) mass is 185 g/mol. The number of fused-ring (bicyclic) bond motifs is 1. The number of carbonyl (C=O) groups excluding carboxylic acids is 1. The van der Waals surface area contributed by atoms with Crippen molar-refractivity contribution in [2.24, 2.45) is 0 Å². The second kappa shape index (κ2) is 3.14. The number of hydrogen-bond donors (Lipinski definition) is 0. The molecule has 2 rings (SSSR count). The van der Waals surface area contributed by atoms with E-state index in [2.05, 4.69) is 6.58 Å². The fraction of sp³-hybridized carbons (Fsp3) is 0.0833. The van der Waals surface area contributed by atoms with Gasteiger partial charge in [0.2, 0.25) is 0 Å². The molecule has 0 radical (unpaired) electrons. The average molecular weight is 185 g/mol. The number of rotatable bonds is 1. The van der Waals surface area contributed by atoms with Gasteiger partial charge in [0.15, 0.2) is 0 Å². The quantitative estimate of drug-likeness (QED) is 0.626. The Morgan fingerprint density at radius 3 is 2.71 bits per heavy atom. The van der Waals surface area contributed by atoms with Crippen LogP contribution in [-0.4, -0.2) is 10.5 Å². The first-order chi connectivity index (χ1) is 6.70. The molecular formula is C12H11NO. The van der Waals surface area contributed by atoms with Crippen molar-refractivity contribution < 1.29 is 4.79 Å². The summed E-state index contributed by atoms with van der Waals surface area (Å²) in [7, 11) is 0. The minimum absolute atomic E-state index is 0.0498. The number of allylic oxidation sites excluding steroid dienone is 1. The zero-order valence-electron chi connectivity index (χ0n) is 8.03. The molecule has 0 spiro atoms. The van der Waals surface area contributed by atoms with E-state index in [1.807, 2.05) is 30.3 Å². The van der Waals surface area contributed by atoms with Gasteiger partial charge in [0, 0.05) is 17.2 Å². The van der Waals surface area contributed by atoms with Crippen LogP contribution in [0.2, 0.25) is 0 Å². The Balaban J connectivity index is 2.64. The number of benzene rings is 1. The van der Waals surface area contributed by atoms with E-state index in [1.54, 1.807) is 17.7 Å². The minimum Gasteiger partial charge on any atom is -0.283 e. The standard InChI is InChI=1S/C12H11NO/c1-9(2)12(14)13-8-7-10-5-3-4-6-11(10)13/h3-8H,1H2,2H3. The number of nitrogens with zero attached hydrogens (tertiary/aromatic N) is 1. The molecule has 2 heteroatoms. The summed E-state index contributed by atoms with van der Waals surface area (Å²) in [6.07, 6.45) is 1.78. The Morgan fingerprint density at radius 2 is 2.00 bits per heavy atom. The van der Waals surface area contributed by atoms with Crippen LogP contribution in [0.3, 0.4) is 0 Å². The third kappa shape index (κ3) is 1.25. The van der Waals surface area contributed by atoms with E-state index >= 15 is 0 Å². The van der Waals surface area contributed by atoms with Crippen molar-refractivity contribution in [1.29, 1.82) is 0 Å². The topological polar surface area (TPSA) is 22.0 Å². The van der Waals surface area contributed by atoms with Crippen molar-refractivity contribution in [2.75, 3.05) is 0 Å². The van der Waals surface area contributed by atoms with Crippen molar-refractivity contribution in [3.63, 3.8) is 0 Å². The summed E-state index contributed by atoms with van der Waals surface area (Å²) in [6, 6.07) is 9.71. The van der Waals surface area contributed by atoms with Gasteiger partial charge in [-0.15, -0.1) is 0 Å². The molecule has 1 heterocycles. The molecule has 1 aromatic heterocycles. The predicted molar refractivity (Wildman–Crippen MR) is 57.4 cm³/mol. The molecule has 70 valence electrons. The molecule has 0 N–H and O–H groups in total. The summed E-state index contributed by atoms with van der Waals surface area (Å²) in [5.74, 6) is -0.0498. The van der Waals surface area contributed by atoms with Gasteiger partial charge in [0.1, 0.15) is 0 Å². The summed E-state index contributed by atoms with van der Waals surface area (Å²) in [4.78, 5) is 11.7. The maximum atomic E-state index is 11.7. The average Bonchev–Trinajstić information content (AvgIpc) is 2.60. The van der Waals surface area contributed by atoms with Crippen LogP contribution in [0.15, 0.2) is 48.7 Å². The summed E-state index contributed by atoms with van der Waals surface area (Å²) >= 11 is 0. The Morgan fingerprint density at radius 1 is 1.29 bits per heavy atom. The van der Waals surface area contributed by atoms with Gasteiger partial charge in [-0.05, 0) is 19.1 Å². The zero-order valence-corrected chi connectivity index (χ0v) is 8.03. The lowest BCUT2D eigenvalue weighted by molar-refractivity contribution is 0.0960. The Kier molecular flexibility index (Phi) is 1.97. The molecule has 0 bridgehead atoms. The predicted octanol–water partition coefficient (Wildman–Crippen LogP) is 2.86. The molecule has 1 aromatic carbocycles. The third-order valence-corrected chi connectivity index (χ3v) is 2.18. The summed E-state index contributed by atoms with van der Waals surface area (Å²) in [5, 5.41) is 1.07. The van der Waals surface area contributed by atoms with E-state index in [9.17, 15) is 4.79 Å². The fourth-order valence-corrected chi connectivity index (χ4v) is 1.47. The van der Waals surface area contributed by atoms with Crippen LogP contribution in [0.4, 0.5) is 0 Å². The maximum absolute atomic E-state index is 11.7. The molecule has 0 aliphatic carbocycles. The number of hydrogen-bond acceptors (Lipinski definition) is 1. The van der Waals surface area contributed by atoms with Crippen LogP contribution < -0.4 is 0 Å². The lowest BCUT2D eigenvalue weighted by atomic mass is 10.2. The molecular weight excluding hydrogens is 174 g/mol. The van der Waals surface area contributed by atoms with Crippen LogP contribution >= 0.6 is 0 Å². The highest BCUT2D eigenvalue weighted by molar-refractivity contribution is 6.00. The molecule has 2 nitrogen and oxygen atoms in total. The zero-order chi connectivity index (χ0) is 10.1. The van der Waals surface area contributed by atoms with Gasteiger partial charge in [-0.1, -0.05) is 24.8 Å². The molecule has 0 fully saturated rings. The first-order valence-electron chi connectivity index (χ1n) is 4.46. The van der Waals surface area contributed by atoms with Crippen molar-refractivity contribution in [3.8, 4) is 0 Å². The van der Waals surface area contributed by atoms with Crippen LogP contribution in [0.5, 0.6) is 0 Å². The molecule has 0 aliphatic rings. The van der Waals surface area contributed by atoms with Crippen LogP contribution in [0.25, 0.3) is 10.9 Å². The second-order valence-corrected chi connectivity index (χ2v) is 3.33. The Hall–Kier alpha value is -1.83. The first-order valence-corrected chi connectivity index (χ1v) is 4.46. The van der Waals surface area contributed by atoms with Gasteiger partial charge >= 0.3 is 0 Å². The largest absolute Gasteiger partial charge is 0.283 e. The highest BCUT2D eigenvalue weighted by Crippen LogP contribution is 2.15. The van der Waals surface area contributed by atoms with E-state index < -0.39 is 0 Å². The smallest absolute Gasteiger partial charge is 0.257 e. The highest BCUT2D eigenvalue weighted by Gasteiger charge is 2.07. The van der Waals surface area contributed by atoms with Gasteiger partial charge in [-0.3, -0.25) is 9.36 Å². The van der Waals surface area contributed by atoms with E-state index in [0.29, 0.717) is 5.57 Å². The van der Waals surface area contributed by atoms with Crippen LogP contribution in [0, 0.1) is 0 Å². The van der Waals surface area contributed by atoms with Crippen molar-refractivity contribution >= 4 is 16.8 Å². The van der Waals surface area contributed by atoms with E-state index in [1.165, 1.54) is 0 Å². The van der Waals surface area contributed by atoms with E-state index in [-0.39, 0.29) is 5.91 Å². The molecule has 0 saturated carbocycles. The highest BCUT2D eigenvalue weighted by atomic mass is 16.2. The molecule has 2 aromatic rings. The summed E-state index contributed by atoms with van der Waals surface area (Å²) < 4.78 is 1.62. The van der Waals surface area contributed by atoms with Gasteiger partial charge in [-0.2, -0.15) is 0 Å². The molecule has 14 heavy (non-hydrogen) atoms. The number of carbonyl (C=O) groups is 1. The van der Waals surface area contributed by atoms with Gasteiger partial charge < -0.3 is 0 Å². The fourth-order valence-electron chi connectivity index (χ4n) is 1.47. The number of para-hydroxylation sites is 1. The Labute approximate surface area is 82.5 Å². The Bertz CT molecular complexity index is 508. The molecule has 0 saturated heterocycles. The molecule has 0 unspecified atom stereocenters. The molecule has 0 atom stereocenters. The summed E-state index contributed by atoms with van der Waals surface area (Å²) in [5.41, 5.74) is 1.48. The van der Waals surface area contributed by atoms with Gasteiger partial charge in [-0.25, -0.2) is 0 Å². The SMILES string of the molecule is C=C(C)C(=O)n1ccc2ccccc21. The molecule has 0 aliphatic heterocycles. The second-order valence-electron chi connectivity index (χ2n) is 3.33. The minimum atomic E-state index is -0.0498. The number of aromatic nitrogens is 1. The maximum Gasteiger partial charge on any atom is 0.257 e. The lowest BCUT2D eigenvalue weighted by Crippen LogP contribution is -2.09. The van der Waals surface area contributed by atoms with Gasteiger partial charge in [0.25, 0.3) is 5.91 Å². The molecule has 0 amide bonds. The first kappa shape index (κ1) is 8.75. The lowest BCUT2D eigenvalue weighted by Gasteiger charge is -2.02. The van der Waals surface area contributed by atoms with Crippen molar-refractivity contribution in [2.45, 2.75) is 6.92 Å². The summed E-state index contributed by atoms with van der Waals surface area (Å²) in [6.45, 7) is 5.37. The van der Waals surface area contributed by atoms with Crippen molar-refractivity contribution in [1.82, 2.24) is 4.57 Å². The third-order valence-electron chi connectivity index (χ3n) is 2.18. The normalized spacial score (nSPS) is 10.4. The van der Waals surface area contributed by atoms with E-state index in [4.69, 9.17) is 0 Å². The van der Waals surface area contributed by atoms with Crippen LogP contribution in [-0.2, 0) is 0 Å². The van der Waals surface area contributed by atoms with Crippen molar-refractivity contribution in [3.05, 3.63) is 48.7 Å². The van der Waals surface area contributed by atoms with E-state index in [0.717, 1.165) is 10.9 Å². The van der Waals surface area contributed by atoms with Gasteiger partial charge in [0.05, 0.1) is 5.52 Å².